The summed E-state index contributed by atoms with van der Waals surface area (Å²) in [6.45, 7) is 0.270. The number of benzene rings is 1. The van der Waals surface area contributed by atoms with E-state index in [2.05, 4.69) is 4.72 Å². The molecule has 0 amide bonds. The van der Waals surface area contributed by atoms with Gasteiger partial charge < -0.3 is 5.11 Å². The molecule has 0 bridgehead atoms. The summed E-state index contributed by atoms with van der Waals surface area (Å²) in [5, 5.41) is 10.4. The van der Waals surface area contributed by atoms with Crippen molar-refractivity contribution in [3.63, 3.8) is 0 Å². The van der Waals surface area contributed by atoms with Gasteiger partial charge in [-0.2, -0.15) is 0 Å². The molecule has 0 aliphatic heterocycles. The number of carboxylic acids is 1. The molecule has 1 heterocycles. The number of hydrogen-bond acceptors (Lipinski definition) is 4. The Labute approximate surface area is 127 Å². The molecule has 0 aliphatic rings. The number of rotatable bonds is 7. The first-order chi connectivity index (χ1) is 10.0. The quantitative estimate of drug-likeness (QED) is 0.766. The second-order valence-corrected chi connectivity index (χ2v) is 7.06. The predicted octanol–water partition coefficient (Wildman–Crippen LogP) is 2.36. The van der Waals surface area contributed by atoms with E-state index in [4.69, 9.17) is 5.11 Å². The van der Waals surface area contributed by atoms with Crippen LogP contribution in [0.25, 0.3) is 0 Å². The molecular weight excluding hydrogens is 310 g/mol. The summed E-state index contributed by atoms with van der Waals surface area (Å²) in [4.78, 5) is 10.6. The fourth-order valence-corrected chi connectivity index (χ4v) is 4.22. The minimum atomic E-state index is -3.77. The Morgan fingerprint density at radius 3 is 2.57 bits per heavy atom. The van der Waals surface area contributed by atoms with Crippen LogP contribution in [-0.4, -0.2) is 26.0 Å². The number of sulfonamides is 1. The highest BCUT2D eigenvalue weighted by molar-refractivity contribution is 7.89. The van der Waals surface area contributed by atoms with E-state index in [1.165, 1.54) is 11.4 Å². The first kappa shape index (κ1) is 15.7. The number of nitrogens with one attached hydrogen (secondary N) is 1. The van der Waals surface area contributed by atoms with Crippen LogP contribution in [0.2, 0.25) is 0 Å². The molecule has 2 N–H and O–H groups in total. The molecule has 1 aromatic carbocycles. The highest BCUT2D eigenvalue weighted by atomic mass is 32.2. The monoisotopic (exact) mass is 325 g/mol. The molecule has 1 aromatic heterocycles. The lowest BCUT2D eigenvalue weighted by Crippen LogP contribution is -2.26. The van der Waals surface area contributed by atoms with Gasteiger partial charge >= 0.3 is 5.97 Å². The van der Waals surface area contributed by atoms with Crippen LogP contribution in [0.5, 0.6) is 0 Å². The predicted molar refractivity (Wildman–Crippen MR) is 81.2 cm³/mol. The molecule has 0 saturated carbocycles. The summed E-state index contributed by atoms with van der Waals surface area (Å²) in [5.74, 6) is -1.23. The Hall–Kier alpha value is -1.70. The molecule has 0 spiro atoms. The third-order valence-electron chi connectivity index (χ3n) is 2.89. The average molecular weight is 325 g/mol. The number of aromatic carboxylic acids is 1. The number of thiophene rings is 1. The van der Waals surface area contributed by atoms with Crippen molar-refractivity contribution in [3.8, 4) is 0 Å². The van der Waals surface area contributed by atoms with Crippen LogP contribution in [0.1, 0.15) is 21.7 Å². The lowest BCUT2D eigenvalue weighted by Gasteiger charge is -2.06. The van der Waals surface area contributed by atoms with Crippen molar-refractivity contribution in [1.29, 1.82) is 0 Å². The minimum absolute atomic E-state index is 0.162. The van der Waals surface area contributed by atoms with Crippen molar-refractivity contribution < 1.29 is 18.3 Å². The third-order valence-corrected chi connectivity index (χ3v) is 5.43. The Morgan fingerprint density at radius 2 is 1.90 bits per heavy atom. The van der Waals surface area contributed by atoms with Gasteiger partial charge in [-0.3, -0.25) is 0 Å². The largest absolute Gasteiger partial charge is 0.477 e. The van der Waals surface area contributed by atoms with E-state index < -0.39 is 16.0 Å². The summed E-state index contributed by atoms with van der Waals surface area (Å²) in [5.41, 5.74) is 1.14. The van der Waals surface area contributed by atoms with Gasteiger partial charge in [0.05, 0.1) is 0 Å². The molecule has 0 aliphatic carbocycles. The molecule has 0 atom stereocenters. The SMILES string of the molecule is O=C(O)c1sccc1S(=O)(=O)NCCCc1ccccc1. The van der Waals surface area contributed by atoms with Gasteiger partial charge in [0.25, 0.3) is 0 Å². The van der Waals surface area contributed by atoms with Crippen molar-refractivity contribution >= 4 is 27.3 Å². The lowest BCUT2D eigenvalue weighted by molar-refractivity contribution is 0.0698. The van der Waals surface area contributed by atoms with E-state index >= 15 is 0 Å². The van der Waals surface area contributed by atoms with Gasteiger partial charge in [-0.1, -0.05) is 30.3 Å². The number of aryl methyl sites for hydroxylation is 1. The van der Waals surface area contributed by atoms with Crippen LogP contribution < -0.4 is 4.72 Å². The van der Waals surface area contributed by atoms with Gasteiger partial charge in [-0.05, 0) is 29.9 Å². The van der Waals surface area contributed by atoms with E-state index in [0.29, 0.717) is 6.42 Å². The second kappa shape index (κ2) is 6.84. The van der Waals surface area contributed by atoms with Gasteiger partial charge in [0, 0.05) is 6.54 Å². The Balaban J connectivity index is 1.93. The van der Waals surface area contributed by atoms with Crippen molar-refractivity contribution in [1.82, 2.24) is 4.72 Å². The first-order valence-corrected chi connectivity index (χ1v) is 8.71. The van der Waals surface area contributed by atoms with Gasteiger partial charge in [0.2, 0.25) is 10.0 Å². The van der Waals surface area contributed by atoms with Crippen LogP contribution in [0.4, 0.5) is 0 Å². The van der Waals surface area contributed by atoms with Crippen molar-refractivity contribution in [3.05, 3.63) is 52.2 Å². The Bertz CT molecular complexity index is 708. The topological polar surface area (TPSA) is 83.5 Å². The number of carbonyl (C=O) groups is 1. The van der Waals surface area contributed by atoms with Crippen molar-refractivity contribution in [2.24, 2.45) is 0 Å². The maximum Gasteiger partial charge on any atom is 0.347 e. The molecule has 0 saturated heterocycles. The van der Waals surface area contributed by atoms with Crippen LogP contribution in [0.3, 0.4) is 0 Å². The molecule has 2 rings (SSSR count). The van der Waals surface area contributed by atoms with E-state index in [1.54, 1.807) is 0 Å². The summed E-state index contributed by atoms with van der Waals surface area (Å²) in [6, 6.07) is 11.1. The summed E-state index contributed by atoms with van der Waals surface area (Å²) in [6.07, 6.45) is 1.41. The molecule has 0 radical (unpaired) electrons. The van der Waals surface area contributed by atoms with Gasteiger partial charge in [0.15, 0.2) is 0 Å². The summed E-state index contributed by atoms with van der Waals surface area (Å²) < 4.78 is 26.6. The lowest BCUT2D eigenvalue weighted by atomic mass is 10.1. The summed E-state index contributed by atoms with van der Waals surface area (Å²) >= 11 is 0.902. The van der Waals surface area contributed by atoms with Crippen LogP contribution in [0, 0.1) is 0 Å². The first-order valence-electron chi connectivity index (χ1n) is 6.35. The molecule has 0 unspecified atom stereocenters. The highest BCUT2D eigenvalue weighted by Crippen LogP contribution is 2.21. The van der Waals surface area contributed by atoms with Gasteiger partial charge in [-0.25, -0.2) is 17.9 Å². The molecule has 0 fully saturated rings. The average Bonchev–Trinajstić information content (AvgIpc) is 2.95. The zero-order chi connectivity index (χ0) is 15.3. The van der Waals surface area contributed by atoms with Crippen LogP contribution in [0.15, 0.2) is 46.7 Å². The van der Waals surface area contributed by atoms with E-state index in [9.17, 15) is 13.2 Å². The Morgan fingerprint density at radius 1 is 1.19 bits per heavy atom. The van der Waals surface area contributed by atoms with E-state index in [1.807, 2.05) is 30.3 Å². The van der Waals surface area contributed by atoms with Gasteiger partial charge in [0.1, 0.15) is 9.77 Å². The Kier molecular flexibility index (Phi) is 5.11. The molecule has 5 nitrogen and oxygen atoms in total. The van der Waals surface area contributed by atoms with E-state index in [-0.39, 0.29) is 16.3 Å². The van der Waals surface area contributed by atoms with Crippen molar-refractivity contribution in [2.75, 3.05) is 6.54 Å². The normalized spacial score (nSPS) is 11.4. The maximum atomic E-state index is 12.1. The molecule has 112 valence electrons. The molecule has 2 aromatic rings. The van der Waals surface area contributed by atoms with Crippen LogP contribution in [-0.2, 0) is 16.4 Å². The standard InChI is InChI=1S/C14H15NO4S2/c16-14(17)13-12(8-10-20-13)21(18,19)15-9-4-7-11-5-2-1-3-6-11/h1-3,5-6,8,10,15H,4,7,9H2,(H,16,17). The fourth-order valence-electron chi connectivity index (χ4n) is 1.89. The number of carboxylic acid groups (broad SMARTS) is 1. The molecule has 7 heteroatoms. The number of hydrogen-bond donors (Lipinski definition) is 2. The third kappa shape index (κ3) is 4.13. The van der Waals surface area contributed by atoms with Crippen LogP contribution >= 0.6 is 11.3 Å². The van der Waals surface area contributed by atoms with Gasteiger partial charge in [-0.15, -0.1) is 11.3 Å². The minimum Gasteiger partial charge on any atom is -0.477 e. The zero-order valence-electron chi connectivity index (χ0n) is 11.2. The molecule has 21 heavy (non-hydrogen) atoms. The highest BCUT2D eigenvalue weighted by Gasteiger charge is 2.23. The zero-order valence-corrected chi connectivity index (χ0v) is 12.8. The smallest absolute Gasteiger partial charge is 0.347 e. The fraction of sp³-hybridized carbons (Fsp3) is 0.214. The molecular formula is C14H15NO4S2. The van der Waals surface area contributed by atoms with E-state index in [0.717, 1.165) is 23.3 Å². The summed E-state index contributed by atoms with van der Waals surface area (Å²) in [7, 11) is -3.77. The maximum absolute atomic E-state index is 12.1. The second-order valence-electron chi connectivity index (χ2n) is 4.41. The van der Waals surface area contributed by atoms with Crippen molar-refractivity contribution in [2.45, 2.75) is 17.7 Å².